The Morgan fingerprint density at radius 1 is 1.13 bits per heavy atom. The second-order valence-corrected chi connectivity index (χ2v) is 9.40. The largest absolute Gasteiger partial charge is 0.507 e. The van der Waals surface area contributed by atoms with Crippen molar-refractivity contribution in [3.63, 3.8) is 0 Å². The zero-order valence-electron chi connectivity index (χ0n) is 21.3. The lowest BCUT2D eigenvalue weighted by Gasteiger charge is -2.23. The van der Waals surface area contributed by atoms with Crippen LogP contribution in [0.3, 0.4) is 0 Å². The van der Waals surface area contributed by atoms with Gasteiger partial charge >= 0.3 is 11.9 Å². The number of aliphatic hydroxyl groups excluding tert-OH is 1. The molecule has 10 heteroatoms. The molecule has 9 nitrogen and oxygen atoms in total. The number of aliphatic hydroxyl groups is 1. The molecule has 1 N–H and O–H groups in total. The lowest BCUT2D eigenvalue weighted by atomic mass is 9.94. The summed E-state index contributed by atoms with van der Waals surface area (Å²) in [6.45, 7) is 7.32. The summed E-state index contributed by atoms with van der Waals surface area (Å²) in [7, 11) is 2.78. The van der Waals surface area contributed by atoms with Crippen molar-refractivity contribution in [3.8, 4) is 11.5 Å². The predicted molar refractivity (Wildman–Crippen MR) is 143 cm³/mol. The molecule has 38 heavy (non-hydrogen) atoms. The minimum Gasteiger partial charge on any atom is -0.507 e. The molecule has 1 aromatic heterocycles. The van der Waals surface area contributed by atoms with Gasteiger partial charge in [-0.1, -0.05) is 36.1 Å². The number of esters is 1. The van der Waals surface area contributed by atoms with Crippen molar-refractivity contribution in [2.75, 3.05) is 25.7 Å². The van der Waals surface area contributed by atoms with Crippen molar-refractivity contribution in [1.82, 2.24) is 4.98 Å². The molecule has 196 valence electrons. The molecule has 1 amide bonds. The van der Waals surface area contributed by atoms with E-state index in [1.165, 1.54) is 19.1 Å². The van der Waals surface area contributed by atoms with Gasteiger partial charge in [0.25, 0.3) is 5.78 Å². The van der Waals surface area contributed by atoms with Gasteiger partial charge in [-0.3, -0.25) is 14.5 Å². The van der Waals surface area contributed by atoms with Gasteiger partial charge in [0.2, 0.25) is 0 Å². The zero-order chi connectivity index (χ0) is 27.6. The molecule has 1 fully saturated rings. The van der Waals surface area contributed by atoms with Gasteiger partial charge in [-0.25, -0.2) is 9.78 Å². The summed E-state index contributed by atoms with van der Waals surface area (Å²) < 4.78 is 15.6. The first-order chi connectivity index (χ1) is 18.2. The van der Waals surface area contributed by atoms with Gasteiger partial charge in [-0.15, -0.1) is 0 Å². The Morgan fingerprint density at radius 2 is 1.82 bits per heavy atom. The Bertz CT molecular complexity index is 1460. The van der Waals surface area contributed by atoms with Crippen molar-refractivity contribution in [2.45, 2.75) is 19.9 Å². The number of methoxy groups -OCH3 is 2. The maximum Gasteiger partial charge on any atom is 0.350 e. The number of rotatable bonds is 8. The number of carbonyl (C=O) groups excluding carboxylic acids is 3. The van der Waals surface area contributed by atoms with Crippen molar-refractivity contribution >= 4 is 39.9 Å². The Balaban J connectivity index is 1.90. The fourth-order valence-corrected chi connectivity index (χ4v) is 5.20. The van der Waals surface area contributed by atoms with Crippen LogP contribution in [0, 0.1) is 13.8 Å². The van der Waals surface area contributed by atoms with E-state index < -0.39 is 23.7 Å². The number of carbonyl (C=O) groups is 3. The summed E-state index contributed by atoms with van der Waals surface area (Å²) in [4.78, 5) is 44.9. The quantitative estimate of drug-likeness (QED) is 0.145. The van der Waals surface area contributed by atoms with Crippen LogP contribution in [-0.2, 0) is 14.3 Å². The fraction of sp³-hybridized carbons (Fsp3) is 0.214. The predicted octanol–water partition coefficient (Wildman–Crippen LogP) is 4.75. The first-order valence-electron chi connectivity index (χ1n) is 11.6. The summed E-state index contributed by atoms with van der Waals surface area (Å²) in [6, 6.07) is 10.8. The van der Waals surface area contributed by atoms with E-state index in [2.05, 4.69) is 11.6 Å². The highest BCUT2D eigenvalue weighted by molar-refractivity contribution is 7.17. The minimum atomic E-state index is -1.01. The average molecular weight is 535 g/mol. The van der Waals surface area contributed by atoms with Gasteiger partial charge in [-0.2, -0.15) is 0 Å². The average Bonchev–Trinajstić information content (AvgIpc) is 3.43. The van der Waals surface area contributed by atoms with Crippen molar-refractivity contribution in [2.24, 2.45) is 0 Å². The normalized spacial score (nSPS) is 16.4. The highest BCUT2D eigenvalue weighted by Crippen LogP contribution is 2.44. The number of amides is 1. The molecule has 1 atom stereocenters. The van der Waals surface area contributed by atoms with Gasteiger partial charge < -0.3 is 19.3 Å². The molecule has 1 saturated heterocycles. The number of nitrogens with zero attached hydrogens (tertiary/aromatic N) is 2. The Kier molecular flexibility index (Phi) is 7.63. The molecule has 0 aliphatic carbocycles. The first kappa shape index (κ1) is 26.6. The molecule has 1 aliphatic rings. The highest BCUT2D eigenvalue weighted by atomic mass is 32.1. The summed E-state index contributed by atoms with van der Waals surface area (Å²) >= 11 is 0.937. The van der Waals surface area contributed by atoms with Crippen LogP contribution >= 0.6 is 11.3 Å². The monoisotopic (exact) mass is 534 g/mol. The molecule has 4 rings (SSSR count). The number of Topliss-reactive ketones (excluding diaryl/α,β-unsaturated/α-hetero) is 1. The third-order valence-corrected chi connectivity index (χ3v) is 7.20. The van der Waals surface area contributed by atoms with E-state index in [1.54, 1.807) is 62.4 Å². The molecule has 1 unspecified atom stereocenters. The van der Waals surface area contributed by atoms with Crippen LogP contribution < -0.4 is 14.4 Å². The lowest BCUT2D eigenvalue weighted by molar-refractivity contribution is -0.132. The summed E-state index contributed by atoms with van der Waals surface area (Å²) in [5.74, 6) is -1.53. The van der Waals surface area contributed by atoms with Crippen LogP contribution in [-0.4, -0.2) is 48.6 Å². The maximum atomic E-state index is 13.4. The summed E-state index contributed by atoms with van der Waals surface area (Å²) in [5, 5.41) is 11.6. The van der Waals surface area contributed by atoms with Crippen LogP contribution in [0.2, 0.25) is 0 Å². The lowest BCUT2D eigenvalue weighted by Crippen LogP contribution is -2.29. The molecule has 0 radical (unpaired) electrons. The number of aromatic nitrogens is 1. The molecular weight excluding hydrogens is 508 g/mol. The van der Waals surface area contributed by atoms with E-state index in [0.717, 1.165) is 11.3 Å². The van der Waals surface area contributed by atoms with Gasteiger partial charge in [0, 0.05) is 5.56 Å². The molecule has 1 aliphatic heterocycles. The molecule has 0 saturated carbocycles. The molecule has 0 spiro atoms. The number of benzene rings is 2. The molecule has 3 aromatic rings. The third-order valence-electron chi connectivity index (χ3n) is 6.06. The number of hydrogen-bond acceptors (Lipinski definition) is 9. The van der Waals surface area contributed by atoms with Gasteiger partial charge in [0.15, 0.2) is 5.13 Å². The van der Waals surface area contributed by atoms with Crippen LogP contribution in [0.5, 0.6) is 11.5 Å². The molecule has 2 aromatic carbocycles. The Labute approximate surface area is 223 Å². The van der Waals surface area contributed by atoms with Gasteiger partial charge in [-0.05, 0) is 55.3 Å². The smallest absolute Gasteiger partial charge is 0.350 e. The highest BCUT2D eigenvalue weighted by Gasteiger charge is 2.48. The van der Waals surface area contributed by atoms with E-state index in [4.69, 9.17) is 14.2 Å². The number of ether oxygens (including phenoxy) is 3. The van der Waals surface area contributed by atoms with Crippen LogP contribution in [0.1, 0.15) is 38.1 Å². The standard InChI is InChI=1S/C28H26N2O7S/c1-6-13-37-19-11-12-20(15(2)14-19)23(31)21-22(17-7-9-18(35-4)10-8-17)30(26(33)24(21)32)28-29-16(3)25(38-28)27(34)36-5/h6-12,14,22,31H,1,13H2,2-5H3. The van der Waals surface area contributed by atoms with Gasteiger partial charge in [0.1, 0.15) is 28.7 Å². The van der Waals surface area contributed by atoms with E-state index >= 15 is 0 Å². The Hall–Kier alpha value is -4.44. The van der Waals surface area contributed by atoms with Gasteiger partial charge in [0.05, 0.1) is 31.5 Å². The number of anilines is 1. The fourth-order valence-electron chi connectivity index (χ4n) is 4.19. The topological polar surface area (TPSA) is 115 Å². The number of ketones is 1. The van der Waals surface area contributed by atoms with E-state index in [9.17, 15) is 19.5 Å². The van der Waals surface area contributed by atoms with Crippen LogP contribution in [0.4, 0.5) is 5.13 Å². The van der Waals surface area contributed by atoms with Crippen LogP contribution in [0.25, 0.3) is 5.76 Å². The van der Waals surface area contributed by atoms with E-state index in [0.29, 0.717) is 40.5 Å². The third kappa shape index (κ3) is 4.78. The second kappa shape index (κ2) is 10.9. The molecule has 2 heterocycles. The van der Waals surface area contributed by atoms with E-state index in [1.807, 2.05) is 0 Å². The van der Waals surface area contributed by atoms with Crippen molar-refractivity contribution < 1.29 is 33.7 Å². The van der Waals surface area contributed by atoms with Crippen LogP contribution in [0.15, 0.2) is 60.7 Å². The SMILES string of the molecule is C=CCOc1ccc(C(O)=C2C(=O)C(=O)N(c3nc(C)c(C(=O)OC)s3)C2c2ccc(OC)cc2)c(C)c1. The maximum absolute atomic E-state index is 13.4. The van der Waals surface area contributed by atoms with E-state index in [-0.39, 0.29) is 21.3 Å². The number of thiazole rings is 1. The summed E-state index contributed by atoms with van der Waals surface area (Å²) in [6.07, 6.45) is 1.62. The first-order valence-corrected chi connectivity index (χ1v) is 12.4. The minimum absolute atomic E-state index is 0.101. The zero-order valence-corrected chi connectivity index (χ0v) is 22.1. The Morgan fingerprint density at radius 3 is 2.42 bits per heavy atom. The molecular formula is C28H26N2O7S. The molecule has 0 bridgehead atoms. The van der Waals surface area contributed by atoms with Crippen molar-refractivity contribution in [3.05, 3.63) is 88.0 Å². The summed E-state index contributed by atoms with van der Waals surface area (Å²) in [5.41, 5.74) is 1.82. The second-order valence-electron chi connectivity index (χ2n) is 8.42. The van der Waals surface area contributed by atoms with Crippen molar-refractivity contribution in [1.29, 1.82) is 0 Å². The number of aryl methyl sites for hydroxylation is 2. The number of hydrogen-bond donors (Lipinski definition) is 1.